The molecule has 10 nitrogen and oxygen atoms in total. The lowest BCUT2D eigenvalue weighted by molar-refractivity contribution is -0.696. The zero-order chi connectivity index (χ0) is 26.4. The van der Waals surface area contributed by atoms with Gasteiger partial charge in [0.05, 0.1) is 19.3 Å². The van der Waals surface area contributed by atoms with Crippen LogP contribution in [0.2, 0.25) is 0 Å². The van der Waals surface area contributed by atoms with E-state index in [1.807, 2.05) is 54.7 Å². The van der Waals surface area contributed by atoms with Gasteiger partial charge in [0.15, 0.2) is 17.7 Å². The number of hydrogen-bond acceptors (Lipinski definition) is 7. The van der Waals surface area contributed by atoms with Gasteiger partial charge in [0.2, 0.25) is 12.1 Å². The van der Waals surface area contributed by atoms with E-state index in [9.17, 15) is 14.4 Å². The number of aromatic nitrogens is 3. The van der Waals surface area contributed by atoms with Gasteiger partial charge in [-0.3, -0.25) is 9.59 Å². The number of pyridine rings is 1. The minimum absolute atomic E-state index is 0.0955. The van der Waals surface area contributed by atoms with Gasteiger partial charge in [0.1, 0.15) is 30.4 Å². The summed E-state index contributed by atoms with van der Waals surface area (Å²) in [7, 11) is 0. The molecule has 2 aromatic heterocycles. The van der Waals surface area contributed by atoms with Crippen molar-refractivity contribution in [3.05, 3.63) is 72.4 Å². The van der Waals surface area contributed by atoms with Crippen LogP contribution in [0, 0.1) is 0 Å². The molecule has 0 radical (unpaired) electrons. The summed E-state index contributed by atoms with van der Waals surface area (Å²) in [5.41, 5.74) is 0.296. The fraction of sp³-hybridized carbons (Fsp3) is 0.370. The number of rotatable bonds is 10. The molecule has 10 heteroatoms. The number of carbonyl (C=O) groups excluding carboxylic acids is 3. The number of carbonyl (C=O) groups is 3. The van der Waals surface area contributed by atoms with E-state index < -0.39 is 17.8 Å². The summed E-state index contributed by atoms with van der Waals surface area (Å²) in [5.74, 6) is 0.645. The van der Waals surface area contributed by atoms with E-state index in [1.165, 1.54) is 0 Å². The number of aryl methyl sites for hydroxylation is 1. The van der Waals surface area contributed by atoms with Crippen molar-refractivity contribution < 1.29 is 33.2 Å². The summed E-state index contributed by atoms with van der Waals surface area (Å²) in [4.78, 5) is 40.9. The van der Waals surface area contributed by atoms with E-state index in [0.717, 1.165) is 13.0 Å². The molecule has 0 bridgehead atoms. The summed E-state index contributed by atoms with van der Waals surface area (Å²) in [6.07, 6.45) is 6.57. The Bertz CT molecular complexity index is 1230. The predicted molar refractivity (Wildman–Crippen MR) is 133 cm³/mol. The highest BCUT2D eigenvalue weighted by atomic mass is 16.6. The Labute approximate surface area is 215 Å². The molecule has 0 aliphatic heterocycles. The van der Waals surface area contributed by atoms with Crippen LogP contribution in [0.5, 0.6) is 5.75 Å². The van der Waals surface area contributed by atoms with Crippen LogP contribution in [0.25, 0.3) is 5.82 Å². The SMILES string of the molecule is CC(C)(C)OC(=O)NCCC[n+]1ccn(-c2ccc(OCCOC3C(=O)c4ccccc4C3=O)cn2)c1. The molecule has 194 valence electrons. The number of hydrogen-bond donors (Lipinski definition) is 1. The Balaban J connectivity index is 1.18. The minimum Gasteiger partial charge on any atom is -0.490 e. The highest BCUT2D eigenvalue weighted by Gasteiger charge is 2.38. The topological polar surface area (TPSA) is 113 Å². The number of Topliss-reactive ketones (excluding diaryl/α,β-unsaturated/α-hetero) is 2. The maximum Gasteiger partial charge on any atom is 0.407 e. The number of alkyl carbamates (subject to hydrolysis) is 1. The summed E-state index contributed by atoms with van der Waals surface area (Å²) in [5, 5.41) is 2.75. The quantitative estimate of drug-likeness (QED) is 0.255. The molecule has 3 aromatic rings. The third kappa shape index (κ3) is 6.79. The van der Waals surface area contributed by atoms with Crippen molar-refractivity contribution in [3.8, 4) is 11.6 Å². The standard InChI is InChI=1S/C27H30N4O6/c1-27(2,3)37-26(34)28-11-6-12-30-13-14-31(18-30)22-10-9-19(17-29-22)35-15-16-36-25-23(32)20-7-4-5-8-21(20)24(25)33/h4-5,7-10,13-14,17-18,25H,6,11-12,15-16H2,1-3H3/p+1. The Morgan fingerprint density at radius 3 is 2.46 bits per heavy atom. The van der Waals surface area contributed by atoms with Gasteiger partial charge in [-0.15, -0.1) is 0 Å². The maximum absolute atomic E-state index is 12.4. The number of amides is 1. The van der Waals surface area contributed by atoms with Gasteiger partial charge in [0, 0.05) is 30.2 Å². The molecule has 0 atom stereocenters. The molecule has 1 aliphatic carbocycles. The zero-order valence-electron chi connectivity index (χ0n) is 21.2. The molecule has 0 fully saturated rings. The number of ketones is 2. The van der Waals surface area contributed by atoms with E-state index in [1.54, 1.807) is 36.5 Å². The third-order valence-electron chi connectivity index (χ3n) is 5.51. The van der Waals surface area contributed by atoms with Crippen LogP contribution < -0.4 is 14.6 Å². The first kappa shape index (κ1) is 26.0. The average Bonchev–Trinajstić information content (AvgIpc) is 3.43. The molecular formula is C27H31N4O6+. The van der Waals surface area contributed by atoms with Crippen LogP contribution in [0.4, 0.5) is 4.79 Å². The van der Waals surface area contributed by atoms with Gasteiger partial charge < -0.3 is 19.5 Å². The average molecular weight is 508 g/mol. The van der Waals surface area contributed by atoms with Crippen LogP contribution in [0.15, 0.2) is 61.3 Å². The fourth-order valence-electron chi connectivity index (χ4n) is 3.83. The van der Waals surface area contributed by atoms with Gasteiger partial charge >= 0.3 is 6.09 Å². The lowest BCUT2D eigenvalue weighted by Crippen LogP contribution is -2.36. The Hall–Kier alpha value is -4.05. The van der Waals surface area contributed by atoms with E-state index in [-0.39, 0.29) is 24.8 Å². The highest BCUT2D eigenvalue weighted by Crippen LogP contribution is 2.24. The van der Waals surface area contributed by atoms with Crippen molar-refractivity contribution >= 4 is 17.7 Å². The van der Waals surface area contributed by atoms with Crippen molar-refractivity contribution in [1.82, 2.24) is 14.9 Å². The second-order valence-corrected chi connectivity index (χ2v) is 9.57. The number of benzene rings is 1. The van der Waals surface area contributed by atoms with Crippen LogP contribution in [-0.4, -0.2) is 58.7 Å². The van der Waals surface area contributed by atoms with Crippen LogP contribution >= 0.6 is 0 Å². The predicted octanol–water partition coefficient (Wildman–Crippen LogP) is 2.92. The van der Waals surface area contributed by atoms with Gasteiger partial charge in [0.25, 0.3) is 0 Å². The minimum atomic E-state index is -1.10. The van der Waals surface area contributed by atoms with Gasteiger partial charge in [-0.25, -0.2) is 14.3 Å². The maximum atomic E-state index is 12.4. The molecule has 0 spiro atoms. The number of nitrogens with one attached hydrogen (secondary N) is 1. The fourth-order valence-corrected chi connectivity index (χ4v) is 3.83. The summed E-state index contributed by atoms with van der Waals surface area (Å²) < 4.78 is 20.3. The Morgan fingerprint density at radius 1 is 1.08 bits per heavy atom. The summed E-state index contributed by atoms with van der Waals surface area (Å²) in [6, 6.07) is 10.3. The second kappa shape index (κ2) is 11.3. The van der Waals surface area contributed by atoms with Gasteiger partial charge in [-0.1, -0.05) is 24.3 Å². The molecule has 1 N–H and O–H groups in total. The Kier molecular flexibility index (Phi) is 7.98. The molecular weight excluding hydrogens is 476 g/mol. The third-order valence-corrected chi connectivity index (χ3v) is 5.51. The van der Waals surface area contributed by atoms with Crippen molar-refractivity contribution in [2.45, 2.75) is 45.4 Å². The molecule has 0 saturated carbocycles. The van der Waals surface area contributed by atoms with Crippen molar-refractivity contribution in [1.29, 1.82) is 0 Å². The van der Waals surface area contributed by atoms with E-state index in [4.69, 9.17) is 14.2 Å². The first-order valence-corrected chi connectivity index (χ1v) is 12.1. The van der Waals surface area contributed by atoms with E-state index in [2.05, 4.69) is 10.3 Å². The van der Waals surface area contributed by atoms with Crippen LogP contribution in [0.1, 0.15) is 47.9 Å². The normalized spacial score (nSPS) is 13.5. The molecule has 0 unspecified atom stereocenters. The number of ether oxygens (including phenoxy) is 3. The molecule has 1 amide bonds. The molecule has 2 heterocycles. The van der Waals surface area contributed by atoms with E-state index >= 15 is 0 Å². The number of nitrogens with zero attached hydrogens (tertiary/aromatic N) is 3. The molecule has 0 saturated heterocycles. The summed E-state index contributed by atoms with van der Waals surface area (Å²) >= 11 is 0. The highest BCUT2D eigenvalue weighted by molar-refractivity contribution is 6.28. The Morgan fingerprint density at radius 2 is 1.81 bits per heavy atom. The lowest BCUT2D eigenvalue weighted by atomic mass is 10.1. The largest absolute Gasteiger partial charge is 0.490 e. The molecule has 37 heavy (non-hydrogen) atoms. The van der Waals surface area contributed by atoms with E-state index in [0.29, 0.717) is 29.2 Å². The van der Waals surface area contributed by atoms with Crippen LogP contribution in [0.3, 0.4) is 0 Å². The first-order valence-electron chi connectivity index (χ1n) is 12.1. The first-order chi connectivity index (χ1) is 17.7. The van der Waals surface area contributed by atoms with Crippen molar-refractivity contribution in [2.24, 2.45) is 0 Å². The monoisotopic (exact) mass is 507 g/mol. The summed E-state index contributed by atoms with van der Waals surface area (Å²) in [6.45, 7) is 6.99. The molecule has 1 aliphatic rings. The van der Waals surface area contributed by atoms with Gasteiger partial charge in [-0.05, 0) is 26.8 Å². The smallest absolute Gasteiger partial charge is 0.407 e. The van der Waals surface area contributed by atoms with Crippen molar-refractivity contribution in [2.75, 3.05) is 19.8 Å². The zero-order valence-corrected chi connectivity index (χ0v) is 21.2. The lowest BCUT2D eigenvalue weighted by Gasteiger charge is -2.19. The van der Waals surface area contributed by atoms with Crippen molar-refractivity contribution in [3.63, 3.8) is 0 Å². The molecule has 1 aromatic carbocycles. The van der Waals surface area contributed by atoms with Crippen LogP contribution in [-0.2, 0) is 16.0 Å². The number of imidazole rings is 1. The second-order valence-electron chi connectivity index (χ2n) is 9.57. The number of fused-ring (bicyclic) bond motifs is 1. The van der Waals surface area contributed by atoms with Gasteiger partial charge in [-0.2, -0.15) is 4.57 Å². The molecule has 4 rings (SSSR count).